The topological polar surface area (TPSA) is 6.48 Å². The van der Waals surface area contributed by atoms with Gasteiger partial charge < -0.3 is 9.80 Å². The fourth-order valence-corrected chi connectivity index (χ4v) is 4.61. The molecule has 0 aliphatic carbocycles. The molecule has 1 atom stereocenters. The Bertz CT molecular complexity index is 539. The maximum Gasteiger partial charge on any atom is 0.105 e. The second kappa shape index (κ2) is 16.3. The van der Waals surface area contributed by atoms with Crippen LogP contribution in [0.4, 0.5) is 5.69 Å². The van der Waals surface area contributed by atoms with E-state index in [-0.39, 0.29) is 0 Å². The molecule has 2 heteroatoms. The first kappa shape index (κ1) is 24.8. The van der Waals surface area contributed by atoms with Gasteiger partial charge in [-0.25, -0.2) is 0 Å². The monoisotopic (exact) mass is 412 g/mol. The van der Waals surface area contributed by atoms with Gasteiger partial charge in [0.15, 0.2) is 0 Å². The second-order valence-electron chi connectivity index (χ2n) is 9.14. The van der Waals surface area contributed by atoms with E-state index in [9.17, 15) is 0 Å². The second-order valence-corrected chi connectivity index (χ2v) is 9.14. The molecular weight excluding hydrogens is 364 g/mol. The molecule has 0 saturated heterocycles. The summed E-state index contributed by atoms with van der Waals surface area (Å²) in [5.74, 6) is 0. The summed E-state index contributed by atoms with van der Waals surface area (Å²) in [5, 5.41) is 0. The molecule has 1 unspecified atom stereocenters. The number of rotatable bonds is 18. The molecular formula is C28H48N2. The smallest absolute Gasteiger partial charge is 0.105 e. The summed E-state index contributed by atoms with van der Waals surface area (Å²) >= 11 is 0. The summed E-state index contributed by atoms with van der Waals surface area (Å²) in [7, 11) is 0. The van der Waals surface area contributed by atoms with Gasteiger partial charge in [-0.2, -0.15) is 0 Å². The standard InChI is InChI=1S/C28H48N2/c1-3-5-7-9-11-12-13-14-19-23-28-29(24-20-15-10-8-6-4-2)25-26-30(28)27-21-17-16-18-22-27/h16-18,21-22,25-26,28H,3-15,19-20,23-24H2,1-2H3. The van der Waals surface area contributed by atoms with E-state index in [4.69, 9.17) is 0 Å². The highest BCUT2D eigenvalue weighted by Crippen LogP contribution is 2.28. The SMILES string of the molecule is CCCCCCCCCCCC1N(CCCCCCCC)C=CN1c1ccccc1. The van der Waals surface area contributed by atoms with Gasteiger partial charge >= 0.3 is 0 Å². The fourth-order valence-electron chi connectivity index (χ4n) is 4.61. The molecule has 2 rings (SSSR count). The number of unbranched alkanes of at least 4 members (excludes halogenated alkanes) is 13. The van der Waals surface area contributed by atoms with Gasteiger partial charge in [0.1, 0.15) is 6.17 Å². The minimum atomic E-state index is 0.507. The van der Waals surface area contributed by atoms with Crippen LogP contribution < -0.4 is 4.90 Å². The maximum atomic E-state index is 2.61. The molecule has 0 bridgehead atoms. The van der Waals surface area contributed by atoms with Gasteiger partial charge in [-0.15, -0.1) is 0 Å². The van der Waals surface area contributed by atoms with Crippen molar-refractivity contribution < 1.29 is 0 Å². The van der Waals surface area contributed by atoms with Crippen LogP contribution in [0.15, 0.2) is 42.7 Å². The molecule has 0 aromatic heterocycles. The Labute approximate surface area is 187 Å². The first-order valence-electron chi connectivity index (χ1n) is 13.1. The molecule has 0 amide bonds. The summed E-state index contributed by atoms with van der Waals surface area (Å²) in [6, 6.07) is 10.9. The van der Waals surface area contributed by atoms with E-state index < -0.39 is 0 Å². The Hall–Kier alpha value is -1.44. The normalized spacial score (nSPS) is 16.0. The summed E-state index contributed by atoms with van der Waals surface area (Å²) in [5.41, 5.74) is 1.33. The molecule has 0 saturated carbocycles. The van der Waals surface area contributed by atoms with Crippen molar-refractivity contribution in [3.8, 4) is 0 Å². The van der Waals surface area contributed by atoms with Crippen molar-refractivity contribution in [2.24, 2.45) is 0 Å². The fraction of sp³-hybridized carbons (Fsp3) is 0.714. The van der Waals surface area contributed by atoms with E-state index in [1.807, 2.05) is 0 Å². The van der Waals surface area contributed by atoms with Crippen LogP contribution in [0, 0.1) is 0 Å². The van der Waals surface area contributed by atoms with E-state index >= 15 is 0 Å². The van der Waals surface area contributed by atoms with Gasteiger partial charge in [0, 0.05) is 24.6 Å². The van der Waals surface area contributed by atoms with Gasteiger partial charge in [0.05, 0.1) is 0 Å². The summed E-state index contributed by atoms with van der Waals surface area (Å²) in [6.45, 7) is 5.80. The van der Waals surface area contributed by atoms with Crippen LogP contribution in [0.5, 0.6) is 0 Å². The number of para-hydroxylation sites is 1. The van der Waals surface area contributed by atoms with E-state index in [2.05, 4.69) is 66.4 Å². The lowest BCUT2D eigenvalue weighted by atomic mass is 10.1. The van der Waals surface area contributed by atoms with Gasteiger partial charge in [-0.1, -0.05) is 116 Å². The Morgan fingerprint density at radius 1 is 0.600 bits per heavy atom. The van der Waals surface area contributed by atoms with E-state index in [0.717, 1.165) is 0 Å². The van der Waals surface area contributed by atoms with Gasteiger partial charge in [0.2, 0.25) is 0 Å². The Morgan fingerprint density at radius 2 is 1.13 bits per heavy atom. The molecule has 1 aromatic carbocycles. The highest BCUT2D eigenvalue weighted by atomic mass is 15.4. The molecule has 30 heavy (non-hydrogen) atoms. The number of nitrogens with zero attached hydrogens (tertiary/aromatic N) is 2. The first-order chi connectivity index (χ1) is 14.9. The van der Waals surface area contributed by atoms with Crippen LogP contribution >= 0.6 is 0 Å². The average molecular weight is 413 g/mol. The number of benzene rings is 1. The Morgan fingerprint density at radius 3 is 1.73 bits per heavy atom. The number of hydrogen-bond acceptors (Lipinski definition) is 2. The first-order valence-corrected chi connectivity index (χ1v) is 13.1. The minimum Gasteiger partial charge on any atom is -0.356 e. The minimum absolute atomic E-state index is 0.507. The molecule has 0 spiro atoms. The van der Waals surface area contributed by atoms with Crippen molar-refractivity contribution in [3.63, 3.8) is 0 Å². The predicted molar refractivity (Wildman–Crippen MR) is 134 cm³/mol. The van der Waals surface area contributed by atoms with Crippen molar-refractivity contribution in [2.75, 3.05) is 11.4 Å². The zero-order chi connectivity index (χ0) is 21.3. The van der Waals surface area contributed by atoms with Crippen LogP contribution in [-0.4, -0.2) is 17.6 Å². The highest BCUT2D eigenvalue weighted by Gasteiger charge is 2.26. The molecule has 1 heterocycles. The van der Waals surface area contributed by atoms with E-state index in [0.29, 0.717) is 6.17 Å². The Balaban J connectivity index is 1.72. The summed E-state index contributed by atoms with van der Waals surface area (Å²) < 4.78 is 0. The lowest BCUT2D eigenvalue weighted by molar-refractivity contribution is 0.273. The van der Waals surface area contributed by atoms with Crippen LogP contribution in [0.1, 0.15) is 117 Å². The third-order valence-corrected chi connectivity index (χ3v) is 6.51. The third-order valence-electron chi connectivity index (χ3n) is 6.51. The van der Waals surface area contributed by atoms with Crippen LogP contribution in [0.2, 0.25) is 0 Å². The van der Waals surface area contributed by atoms with Crippen molar-refractivity contribution >= 4 is 5.69 Å². The van der Waals surface area contributed by atoms with Crippen molar-refractivity contribution in [2.45, 2.75) is 123 Å². The van der Waals surface area contributed by atoms with Gasteiger partial charge in [0.25, 0.3) is 0 Å². The molecule has 0 fully saturated rings. The van der Waals surface area contributed by atoms with Crippen LogP contribution in [0.25, 0.3) is 0 Å². The molecule has 2 nitrogen and oxygen atoms in total. The summed E-state index contributed by atoms with van der Waals surface area (Å²) in [6.07, 6.45) is 27.3. The predicted octanol–water partition coefficient (Wildman–Crippen LogP) is 8.89. The van der Waals surface area contributed by atoms with E-state index in [1.165, 1.54) is 115 Å². The molecule has 0 N–H and O–H groups in total. The van der Waals surface area contributed by atoms with Crippen LogP contribution in [-0.2, 0) is 0 Å². The molecule has 170 valence electrons. The Kier molecular flexibility index (Phi) is 13.5. The lowest BCUT2D eigenvalue weighted by Crippen LogP contribution is -2.39. The quantitative estimate of drug-likeness (QED) is 0.222. The largest absolute Gasteiger partial charge is 0.356 e. The van der Waals surface area contributed by atoms with Crippen molar-refractivity contribution in [1.29, 1.82) is 0 Å². The molecule has 1 aromatic rings. The van der Waals surface area contributed by atoms with Crippen molar-refractivity contribution in [1.82, 2.24) is 4.90 Å². The maximum absolute atomic E-state index is 2.61. The zero-order valence-electron chi connectivity index (χ0n) is 20.0. The highest BCUT2D eigenvalue weighted by molar-refractivity contribution is 5.51. The zero-order valence-corrected chi connectivity index (χ0v) is 20.0. The lowest BCUT2D eigenvalue weighted by Gasteiger charge is -2.33. The molecule has 0 radical (unpaired) electrons. The van der Waals surface area contributed by atoms with Gasteiger partial charge in [-0.05, 0) is 31.4 Å². The third kappa shape index (κ3) is 9.58. The number of anilines is 1. The average Bonchev–Trinajstić information content (AvgIpc) is 3.18. The molecule has 1 aliphatic rings. The molecule has 1 aliphatic heterocycles. The van der Waals surface area contributed by atoms with Gasteiger partial charge in [-0.3, -0.25) is 0 Å². The van der Waals surface area contributed by atoms with Crippen LogP contribution in [0.3, 0.4) is 0 Å². The summed E-state index contributed by atoms with van der Waals surface area (Å²) in [4.78, 5) is 5.11. The van der Waals surface area contributed by atoms with Crippen molar-refractivity contribution in [3.05, 3.63) is 42.7 Å². The van der Waals surface area contributed by atoms with E-state index in [1.54, 1.807) is 0 Å². The number of hydrogen-bond donors (Lipinski definition) is 0.